The van der Waals surface area contributed by atoms with E-state index in [2.05, 4.69) is 16.0 Å². The van der Waals surface area contributed by atoms with Crippen molar-refractivity contribution in [2.24, 2.45) is 0 Å². The van der Waals surface area contributed by atoms with Crippen molar-refractivity contribution < 1.29 is 19.1 Å². The van der Waals surface area contributed by atoms with Gasteiger partial charge >= 0.3 is 0 Å². The Kier molecular flexibility index (Phi) is 4.97. The van der Waals surface area contributed by atoms with E-state index in [0.717, 1.165) is 0 Å². The van der Waals surface area contributed by atoms with Crippen molar-refractivity contribution in [3.8, 4) is 11.5 Å². The van der Waals surface area contributed by atoms with Gasteiger partial charge in [0.2, 0.25) is 5.91 Å². The van der Waals surface area contributed by atoms with Gasteiger partial charge in [-0.1, -0.05) is 6.07 Å². The maximum absolute atomic E-state index is 12.4. The first-order valence-corrected chi connectivity index (χ1v) is 8.29. The number of methoxy groups -OCH3 is 1. The number of carbonyl (C=O) groups is 2. The van der Waals surface area contributed by atoms with Crippen LogP contribution >= 0.6 is 0 Å². The average molecular weight is 355 g/mol. The van der Waals surface area contributed by atoms with Gasteiger partial charge in [-0.2, -0.15) is 0 Å². The summed E-state index contributed by atoms with van der Waals surface area (Å²) >= 11 is 0. The number of amides is 2. The van der Waals surface area contributed by atoms with Gasteiger partial charge in [-0.05, 0) is 44.2 Å². The predicted molar refractivity (Wildman–Crippen MR) is 99.9 cm³/mol. The normalized spacial score (nSPS) is 16.6. The first-order chi connectivity index (χ1) is 12.5. The second-order valence-corrected chi connectivity index (χ2v) is 6.05. The average Bonchev–Trinajstić information content (AvgIpc) is 2.63. The molecule has 2 amide bonds. The summed E-state index contributed by atoms with van der Waals surface area (Å²) in [5, 5.41) is 8.74. The molecule has 1 aliphatic rings. The largest absolute Gasteiger partial charge is 0.497 e. The second-order valence-electron chi connectivity index (χ2n) is 6.05. The monoisotopic (exact) mass is 355 g/mol. The summed E-state index contributed by atoms with van der Waals surface area (Å²) in [5.41, 5.74) is 1.94. The number of hydrogen-bond donors (Lipinski definition) is 3. The topological polar surface area (TPSA) is 88.7 Å². The van der Waals surface area contributed by atoms with Crippen molar-refractivity contribution in [3.05, 3.63) is 42.5 Å². The summed E-state index contributed by atoms with van der Waals surface area (Å²) in [4.78, 5) is 24.1. The third kappa shape index (κ3) is 3.88. The van der Waals surface area contributed by atoms with Crippen molar-refractivity contribution in [2.75, 3.05) is 23.1 Å². The molecular formula is C19H21N3O4. The summed E-state index contributed by atoms with van der Waals surface area (Å²) < 4.78 is 10.7. The van der Waals surface area contributed by atoms with E-state index in [9.17, 15) is 9.59 Å². The van der Waals surface area contributed by atoms with Crippen LogP contribution in [0.15, 0.2) is 42.5 Å². The lowest BCUT2D eigenvalue weighted by atomic mass is 10.2. The molecule has 0 radical (unpaired) electrons. The van der Waals surface area contributed by atoms with E-state index in [4.69, 9.17) is 9.47 Å². The molecule has 0 aromatic heterocycles. The second kappa shape index (κ2) is 7.35. The van der Waals surface area contributed by atoms with Crippen molar-refractivity contribution in [1.82, 2.24) is 0 Å². The Hall–Kier alpha value is -3.22. The first-order valence-electron chi connectivity index (χ1n) is 8.29. The highest BCUT2D eigenvalue weighted by Gasteiger charge is 2.24. The van der Waals surface area contributed by atoms with Crippen LogP contribution in [0.2, 0.25) is 0 Å². The van der Waals surface area contributed by atoms with Gasteiger partial charge < -0.3 is 25.4 Å². The lowest BCUT2D eigenvalue weighted by Crippen LogP contribution is -2.34. The molecule has 7 heteroatoms. The van der Waals surface area contributed by atoms with Gasteiger partial charge in [-0.3, -0.25) is 9.59 Å². The van der Waals surface area contributed by atoms with E-state index >= 15 is 0 Å². The molecule has 3 N–H and O–H groups in total. The van der Waals surface area contributed by atoms with Crippen molar-refractivity contribution in [1.29, 1.82) is 0 Å². The highest BCUT2D eigenvalue weighted by Crippen LogP contribution is 2.32. The minimum atomic E-state index is -0.520. The molecule has 136 valence electrons. The van der Waals surface area contributed by atoms with Crippen LogP contribution in [0.25, 0.3) is 0 Å². The maximum Gasteiger partial charge on any atom is 0.265 e. The minimum Gasteiger partial charge on any atom is -0.497 e. The molecular weight excluding hydrogens is 334 g/mol. The lowest BCUT2D eigenvalue weighted by molar-refractivity contribution is -0.122. The van der Waals surface area contributed by atoms with E-state index in [1.54, 1.807) is 57.4 Å². The number of anilines is 3. The quantitative estimate of drug-likeness (QED) is 0.767. The fraction of sp³-hybridized carbons (Fsp3) is 0.263. The fourth-order valence-electron chi connectivity index (χ4n) is 2.57. The summed E-state index contributed by atoms with van der Waals surface area (Å²) in [7, 11) is 1.57. The van der Waals surface area contributed by atoms with Gasteiger partial charge in [0, 0.05) is 17.4 Å². The standard InChI is InChI=1S/C19H21N3O4/c1-11(18(23)21-13-5-4-6-15(9-13)25-3)20-14-7-8-17-16(10-14)22-19(24)12(2)26-17/h4-12,20H,1-3H3,(H,21,23)(H,22,24)/t11-,12+/m1/s1. The Morgan fingerprint density at radius 1 is 1.23 bits per heavy atom. The summed E-state index contributed by atoms with van der Waals surface area (Å²) in [6.45, 7) is 3.45. The molecule has 1 heterocycles. The molecule has 2 aromatic rings. The molecule has 2 atom stereocenters. The minimum absolute atomic E-state index is 0.190. The Morgan fingerprint density at radius 2 is 2.04 bits per heavy atom. The van der Waals surface area contributed by atoms with Crippen LogP contribution in [-0.4, -0.2) is 31.1 Å². The number of fused-ring (bicyclic) bond motifs is 1. The molecule has 7 nitrogen and oxygen atoms in total. The Balaban J connectivity index is 1.65. The zero-order chi connectivity index (χ0) is 18.7. The molecule has 2 aromatic carbocycles. The van der Waals surface area contributed by atoms with Crippen molar-refractivity contribution in [3.63, 3.8) is 0 Å². The first kappa shape index (κ1) is 17.6. The maximum atomic E-state index is 12.4. The molecule has 0 unspecified atom stereocenters. The van der Waals surface area contributed by atoms with E-state index in [1.807, 2.05) is 6.07 Å². The third-order valence-corrected chi connectivity index (χ3v) is 4.02. The number of ether oxygens (including phenoxy) is 2. The van der Waals surface area contributed by atoms with E-state index in [0.29, 0.717) is 28.6 Å². The van der Waals surface area contributed by atoms with Crippen LogP contribution in [0.5, 0.6) is 11.5 Å². The third-order valence-electron chi connectivity index (χ3n) is 4.02. The smallest absolute Gasteiger partial charge is 0.265 e. The fourth-order valence-corrected chi connectivity index (χ4v) is 2.57. The predicted octanol–water partition coefficient (Wildman–Crippen LogP) is 2.85. The number of benzene rings is 2. The number of rotatable bonds is 5. The van der Waals surface area contributed by atoms with E-state index in [-0.39, 0.29) is 11.8 Å². The lowest BCUT2D eigenvalue weighted by Gasteiger charge is -2.24. The molecule has 1 aliphatic heterocycles. The van der Waals surface area contributed by atoms with Crippen molar-refractivity contribution >= 4 is 28.9 Å². The van der Waals surface area contributed by atoms with Gasteiger partial charge in [0.1, 0.15) is 17.5 Å². The Bertz CT molecular complexity index is 837. The number of hydrogen-bond acceptors (Lipinski definition) is 5. The van der Waals surface area contributed by atoms with Gasteiger partial charge in [0.15, 0.2) is 6.10 Å². The molecule has 0 spiro atoms. The molecule has 26 heavy (non-hydrogen) atoms. The number of nitrogens with one attached hydrogen (secondary N) is 3. The van der Waals surface area contributed by atoms with Gasteiger partial charge in [-0.15, -0.1) is 0 Å². The number of carbonyl (C=O) groups excluding carboxylic acids is 2. The van der Waals surface area contributed by atoms with Gasteiger partial charge in [0.05, 0.1) is 12.8 Å². The SMILES string of the molecule is COc1cccc(NC(=O)[C@@H](C)Nc2ccc3c(c2)NC(=O)[C@H](C)O3)c1. The molecule has 3 rings (SSSR count). The van der Waals surface area contributed by atoms with Crippen molar-refractivity contribution in [2.45, 2.75) is 26.0 Å². The molecule has 0 bridgehead atoms. The summed E-state index contributed by atoms with van der Waals surface area (Å²) in [5.74, 6) is 0.891. The van der Waals surface area contributed by atoms with Gasteiger partial charge in [-0.25, -0.2) is 0 Å². The highest BCUT2D eigenvalue weighted by molar-refractivity contribution is 5.99. The van der Waals surface area contributed by atoms with Crippen LogP contribution in [-0.2, 0) is 9.59 Å². The molecule has 0 fully saturated rings. The molecule has 0 saturated carbocycles. The Labute approximate surface area is 151 Å². The van der Waals surface area contributed by atoms with Crippen LogP contribution < -0.4 is 25.4 Å². The summed E-state index contributed by atoms with van der Waals surface area (Å²) in [6.07, 6.45) is -0.520. The molecule has 0 saturated heterocycles. The van der Waals surface area contributed by atoms with Crippen LogP contribution in [0.1, 0.15) is 13.8 Å². The van der Waals surface area contributed by atoms with E-state index < -0.39 is 12.1 Å². The van der Waals surface area contributed by atoms with Gasteiger partial charge in [0.25, 0.3) is 5.91 Å². The van der Waals surface area contributed by atoms with Crippen LogP contribution in [0, 0.1) is 0 Å². The highest BCUT2D eigenvalue weighted by atomic mass is 16.5. The zero-order valence-corrected chi connectivity index (χ0v) is 14.8. The van der Waals surface area contributed by atoms with Crippen LogP contribution in [0.3, 0.4) is 0 Å². The van der Waals surface area contributed by atoms with E-state index in [1.165, 1.54) is 0 Å². The Morgan fingerprint density at radius 3 is 2.81 bits per heavy atom. The zero-order valence-electron chi connectivity index (χ0n) is 14.8. The molecule has 0 aliphatic carbocycles. The van der Waals surface area contributed by atoms with Crippen LogP contribution in [0.4, 0.5) is 17.1 Å². The summed E-state index contributed by atoms with van der Waals surface area (Å²) in [6, 6.07) is 12.0.